The van der Waals surface area contributed by atoms with Crippen molar-refractivity contribution < 1.29 is 13.2 Å². The monoisotopic (exact) mass is 405 g/mol. The van der Waals surface area contributed by atoms with Crippen molar-refractivity contribution in [2.45, 2.75) is 18.2 Å². The van der Waals surface area contributed by atoms with Gasteiger partial charge in [0.2, 0.25) is 5.78 Å². The summed E-state index contributed by atoms with van der Waals surface area (Å²) in [4.78, 5) is 12.7. The third-order valence-corrected chi connectivity index (χ3v) is 6.41. The smallest absolute Gasteiger partial charge is 0.264 e. The van der Waals surface area contributed by atoms with Gasteiger partial charge in [-0.2, -0.15) is 0 Å². The number of carbonyl (C=O) groups excluding carboxylic acids is 1. The van der Waals surface area contributed by atoms with E-state index in [9.17, 15) is 13.2 Å². The van der Waals surface area contributed by atoms with Crippen LogP contribution in [0.25, 0.3) is 0 Å². The Labute approximate surface area is 150 Å². The molecule has 0 aromatic heterocycles. The molecule has 0 aliphatic carbocycles. The Bertz CT molecular complexity index is 918. The Morgan fingerprint density at radius 3 is 2.42 bits per heavy atom. The van der Waals surface area contributed by atoms with E-state index in [1.807, 2.05) is 6.92 Å². The maximum Gasteiger partial charge on any atom is 0.264 e. The number of fused-ring (bicyclic) bond motifs is 1. The predicted octanol–water partition coefficient (Wildman–Crippen LogP) is 4.06. The van der Waals surface area contributed by atoms with E-state index in [1.54, 1.807) is 54.6 Å². The maximum absolute atomic E-state index is 13.1. The molecular formula is C18H16BrNO3S. The lowest BCUT2D eigenvalue weighted by molar-refractivity contribution is 0.104. The van der Waals surface area contributed by atoms with Gasteiger partial charge in [-0.3, -0.25) is 9.10 Å². The predicted molar refractivity (Wildman–Crippen MR) is 98.1 cm³/mol. The molecule has 0 saturated heterocycles. The lowest BCUT2D eigenvalue weighted by Gasteiger charge is -2.27. The maximum atomic E-state index is 13.1. The Hall–Kier alpha value is -1.92. The Morgan fingerprint density at radius 1 is 1.04 bits per heavy atom. The highest BCUT2D eigenvalue weighted by Crippen LogP contribution is 2.32. The van der Waals surface area contributed by atoms with Crippen molar-refractivity contribution in [3.8, 4) is 0 Å². The summed E-state index contributed by atoms with van der Waals surface area (Å²) in [6, 6.07) is 13.5. The number of anilines is 1. The first-order valence-corrected chi connectivity index (χ1v) is 9.73. The molecule has 24 heavy (non-hydrogen) atoms. The number of aryl methyl sites for hydroxylation is 1. The van der Waals surface area contributed by atoms with Gasteiger partial charge in [0.25, 0.3) is 10.0 Å². The first-order chi connectivity index (χ1) is 11.4. The first kappa shape index (κ1) is 16.9. The zero-order chi connectivity index (χ0) is 17.3. The van der Waals surface area contributed by atoms with Gasteiger partial charge in [-0.05, 0) is 53.5 Å². The number of nitrogens with zero attached hydrogens (tertiary/aromatic N) is 1. The van der Waals surface area contributed by atoms with Gasteiger partial charge in [-0.15, -0.1) is 0 Å². The average molecular weight is 406 g/mol. The van der Waals surface area contributed by atoms with Crippen LogP contribution >= 0.6 is 15.9 Å². The Kier molecular flexibility index (Phi) is 4.60. The van der Waals surface area contributed by atoms with Crippen LogP contribution in [0.4, 0.5) is 5.69 Å². The molecule has 0 saturated carbocycles. The van der Waals surface area contributed by atoms with Gasteiger partial charge >= 0.3 is 0 Å². The number of allylic oxidation sites excluding steroid dienone is 1. The van der Waals surface area contributed by atoms with Crippen LogP contribution in [0.15, 0.2) is 64.0 Å². The second-order valence-electron chi connectivity index (χ2n) is 5.58. The second-order valence-corrected chi connectivity index (χ2v) is 8.29. The minimum atomic E-state index is -3.74. The van der Waals surface area contributed by atoms with Crippen molar-refractivity contribution in [1.82, 2.24) is 0 Å². The Balaban J connectivity index is 2.15. The van der Waals surface area contributed by atoms with Crippen LogP contribution in [-0.4, -0.2) is 20.7 Å². The van der Waals surface area contributed by atoms with E-state index >= 15 is 0 Å². The third kappa shape index (κ3) is 3.03. The number of rotatable bonds is 2. The number of carbonyl (C=O) groups is 1. The van der Waals surface area contributed by atoms with Gasteiger partial charge in [0, 0.05) is 12.1 Å². The minimum Gasteiger partial charge on any atom is -0.288 e. The lowest BCUT2D eigenvalue weighted by Crippen LogP contribution is -2.34. The number of ketones is 1. The molecule has 1 aliphatic heterocycles. The molecule has 1 aliphatic rings. The molecule has 124 valence electrons. The van der Waals surface area contributed by atoms with Crippen LogP contribution in [0.2, 0.25) is 0 Å². The zero-order valence-electron chi connectivity index (χ0n) is 13.1. The molecule has 0 fully saturated rings. The van der Waals surface area contributed by atoms with Crippen molar-refractivity contribution in [2.75, 3.05) is 10.8 Å². The molecule has 2 aromatic carbocycles. The molecule has 0 bridgehead atoms. The van der Waals surface area contributed by atoms with Gasteiger partial charge in [0.15, 0.2) is 0 Å². The van der Waals surface area contributed by atoms with E-state index < -0.39 is 10.0 Å². The fourth-order valence-electron chi connectivity index (χ4n) is 2.62. The largest absolute Gasteiger partial charge is 0.288 e. The highest BCUT2D eigenvalue weighted by atomic mass is 79.9. The summed E-state index contributed by atoms with van der Waals surface area (Å²) in [6.45, 7) is 2.18. The van der Waals surface area contributed by atoms with Crippen molar-refractivity contribution in [3.63, 3.8) is 0 Å². The van der Waals surface area contributed by atoms with Crippen molar-refractivity contribution in [2.24, 2.45) is 0 Å². The van der Waals surface area contributed by atoms with E-state index in [-0.39, 0.29) is 17.2 Å². The quantitative estimate of drug-likeness (QED) is 0.756. The number of hydrogen-bond acceptors (Lipinski definition) is 3. The van der Waals surface area contributed by atoms with E-state index in [4.69, 9.17) is 0 Å². The molecule has 0 spiro atoms. The number of sulfonamides is 1. The van der Waals surface area contributed by atoms with Crippen LogP contribution in [0.3, 0.4) is 0 Å². The number of halogens is 1. The summed E-state index contributed by atoms with van der Waals surface area (Å²) < 4.78 is 28.0. The summed E-state index contributed by atoms with van der Waals surface area (Å²) in [5.74, 6) is -0.214. The van der Waals surface area contributed by atoms with Crippen molar-refractivity contribution >= 4 is 37.4 Å². The van der Waals surface area contributed by atoms with Gasteiger partial charge < -0.3 is 0 Å². The summed E-state index contributed by atoms with van der Waals surface area (Å²) in [7, 11) is -3.74. The van der Waals surface area contributed by atoms with Gasteiger partial charge in [0.05, 0.1) is 15.1 Å². The summed E-state index contributed by atoms with van der Waals surface area (Å²) in [6.07, 6.45) is 2.17. The number of benzene rings is 2. The fourth-order valence-corrected chi connectivity index (χ4v) is 4.56. The molecule has 4 nitrogen and oxygen atoms in total. The van der Waals surface area contributed by atoms with Gasteiger partial charge in [-0.1, -0.05) is 35.9 Å². The lowest BCUT2D eigenvalue weighted by atomic mass is 10.1. The van der Waals surface area contributed by atoms with Crippen LogP contribution in [0.5, 0.6) is 0 Å². The SMILES string of the molecule is Cc1ccc(S(=O)(=O)N2CCC=C(Br)C(=O)c3ccccc32)cc1. The minimum absolute atomic E-state index is 0.214. The number of hydrogen-bond donors (Lipinski definition) is 0. The van der Waals surface area contributed by atoms with Gasteiger partial charge in [-0.25, -0.2) is 8.42 Å². The van der Waals surface area contributed by atoms with Crippen molar-refractivity contribution in [3.05, 3.63) is 70.2 Å². The molecule has 1 heterocycles. The number of para-hydroxylation sites is 1. The summed E-state index contributed by atoms with van der Waals surface area (Å²) in [5, 5.41) is 0. The molecule has 0 N–H and O–H groups in total. The summed E-state index contributed by atoms with van der Waals surface area (Å²) in [5.41, 5.74) is 1.77. The van der Waals surface area contributed by atoms with Crippen molar-refractivity contribution in [1.29, 1.82) is 0 Å². The highest BCUT2D eigenvalue weighted by molar-refractivity contribution is 9.12. The van der Waals surface area contributed by atoms with Crippen LogP contribution in [0, 0.1) is 6.92 Å². The normalized spacial score (nSPS) is 15.3. The molecule has 6 heteroatoms. The molecule has 3 rings (SSSR count). The zero-order valence-corrected chi connectivity index (χ0v) is 15.5. The first-order valence-electron chi connectivity index (χ1n) is 7.50. The summed E-state index contributed by atoms with van der Waals surface area (Å²) >= 11 is 3.28. The van der Waals surface area contributed by atoms with Crippen LogP contribution in [-0.2, 0) is 10.0 Å². The fraction of sp³-hybridized carbons (Fsp3) is 0.167. The van der Waals surface area contributed by atoms with E-state index in [1.165, 1.54) is 4.31 Å². The number of Topliss-reactive ketones (excluding diaryl/α,β-unsaturated/α-hetero) is 1. The van der Waals surface area contributed by atoms with E-state index in [0.717, 1.165) is 5.56 Å². The molecular weight excluding hydrogens is 390 g/mol. The third-order valence-electron chi connectivity index (χ3n) is 3.90. The van der Waals surface area contributed by atoms with E-state index in [2.05, 4.69) is 15.9 Å². The Morgan fingerprint density at radius 2 is 1.71 bits per heavy atom. The standard InChI is InChI=1S/C18H16BrNO3S/c1-13-8-10-14(11-9-13)24(22,23)20-12-4-6-16(19)18(21)15-5-2-3-7-17(15)20/h2-3,5-11H,4,12H2,1H3. The molecule has 2 aromatic rings. The van der Waals surface area contributed by atoms with Gasteiger partial charge in [0.1, 0.15) is 0 Å². The topological polar surface area (TPSA) is 54.5 Å². The molecule has 0 amide bonds. The molecule has 0 atom stereocenters. The highest BCUT2D eigenvalue weighted by Gasteiger charge is 2.29. The van der Waals surface area contributed by atoms with Crippen LogP contribution in [0.1, 0.15) is 22.3 Å². The second kappa shape index (κ2) is 6.53. The van der Waals surface area contributed by atoms with E-state index in [0.29, 0.717) is 22.2 Å². The average Bonchev–Trinajstić information content (AvgIpc) is 2.57. The molecule has 0 unspecified atom stereocenters. The molecule has 0 radical (unpaired) electrons. The van der Waals surface area contributed by atoms with Crippen LogP contribution < -0.4 is 4.31 Å².